The lowest BCUT2D eigenvalue weighted by Crippen LogP contribution is -2.59. The largest absolute Gasteiger partial charge is 0.497 e. The van der Waals surface area contributed by atoms with Crippen molar-refractivity contribution in [3.05, 3.63) is 54.4 Å². The minimum absolute atomic E-state index is 0.0916. The molecule has 0 aliphatic carbocycles. The van der Waals surface area contributed by atoms with Gasteiger partial charge in [0.15, 0.2) is 0 Å². The zero-order valence-corrected chi connectivity index (χ0v) is 17.7. The molecule has 166 valence electrons. The predicted octanol–water partition coefficient (Wildman–Crippen LogP) is 2.33. The number of nitrogens with zero attached hydrogens (tertiary/aromatic N) is 3. The van der Waals surface area contributed by atoms with Crippen molar-refractivity contribution in [2.24, 2.45) is 0 Å². The lowest BCUT2D eigenvalue weighted by atomic mass is 10.1. The van der Waals surface area contributed by atoms with Gasteiger partial charge in [0.05, 0.1) is 26.3 Å². The summed E-state index contributed by atoms with van der Waals surface area (Å²) >= 11 is 0. The third-order valence-electron chi connectivity index (χ3n) is 5.11. The number of nitrogens with one attached hydrogen (secondary N) is 2. The van der Waals surface area contributed by atoms with Crippen molar-refractivity contribution >= 4 is 17.6 Å². The molecule has 0 radical (unpaired) electrons. The van der Waals surface area contributed by atoms with Gasteiger partial charge in [-0.25, -0.2) is 4.79 Å². The number of hydrogen-bond acceptors (Lipinski definition) is 7. The summed E-state index contributed by atoms with van der Waals surface area (Å²) in [4.78, 5) is 31.5. The van der Waals surface area contributed by atoms with E-state index in [-0.39, 0.29) is 18.2 Å². The molecule has 1 saturated heterocycles. The van der Waals surface area contributed by atoms with E-state index in [2.05, 4.69) is 20.8 Å². The normalized spacial score (nSPS) is 15.8. The van der Waals surface area contributed by atoms with Crippen LogP contribution < -0.4 is 20.1 Å². The number of carbonyl (C=O) groups is 2. The second-order valence-electron chi connectivity index (χ2n) is 7.08. The predicted molar refractivity (Wildman–Crippen MR) is 116 cm³/mol. The maximum atomic E-state index is 13.1. The van der Waals surface area contributed by atoms with Gasteiger partial charge < -0.3 is 29.5 Å². The Hall–Kier alpha value is -4.08. The van der Waals surface area contributed by atoms with E-state index in [1.165, 1.54) is 19.1 Å². The van der Waals surface area contributed by atoms with E-state index in [9.17, 15) is 9.59 Å². The van der Waals surface area contributed by atoms with Gasteiger partial charge in [-0.05, 0) is 12.1 Å². The van der Waals surface area contributed by atoms with E-state index in [0.717, 1.165) is 5.56 Å². The Bertz CT molecular complexity index is 1100. The third kappa shape index (κ3) is 4.48. The number of rotatable bonds is 6. The minimum Gasteiger partial charge on any atom is -0.497 e. The van der Waals surface area contributed by atoms with Gasteiger partial charge in [0.1, 0.15) is 17.5 Å². The van der Waals surface area contributed by atoms with E-state index in [1.807, 2.05) is 30.3 Å². The molecule has 2 aromatic carbocycles. The number of piperazine rings is 1. The molecule has 1 aliphatic rings. The lowest BCUT2D eigenvalue weighted by molar-refractivity contribution is -0.127. The van der Waals surface area contributed by atoms with Crippen molar-refractivity contribution < 1.29 is 23.6 Å². The zero-order chi connectivity index (χ0) is 22.5. The summed E-state index contributed by atoms with van der Waals surface area (Å²) in [6, 6.07) is 13.2. The number of ether oxygens (including phenoxy) is 2. The summed E-state index contributed by atoms with van der Waals surface area (Å²) in [6.07, 6.45) is 0.0916. The maximum absolute atomic E-state index is 13.1. The molecule has 4 rings (SSSR count). The molecular weight excluding hydrogens is 414 g/mol. The van der Waals surface area contributed by atoms with Crippen LogP contribution in [-0.2, 0) is 11.2 Å². The summed E-state index contributed by atoms with van der Waals surface area (Å²) in [5.41, 5.74) is 1.24. The number of anilines is 1. The molecule has 2 heterocycles. The molecule has 10 nitrogen and oxygen atoms in total. The summed E-state index contributed by atoms with van der Waals surface area (Å²) in [5, 5.41) is 9.58. The van der Waals surface area contributed by atoms with Crippen molar-refractivity contribution in [3.63, 3.8) is 0 Å². The summed E-state index contributed by atoms with van der Waals surface area (Å²) < 4.78 is 15.9. The Morgan fingerprint density at radius 1 is 1.22 bits per heavy atom. The van der Waals surface area contributed by atoms with Gasteiger partial charge in [0, 0.05) is 24.7 Å². The van der Waals surface area contributed by atoms with Gasteiger partial charge in [0.25, 0.3) is 0 Å². The van der Waals surface area contributed by atoms with E-state index < -0.39 is 12.1 Å². The molecule has 3 amide bonds. The highest BCUT2D eigenvalue weighted by atomic mass is 16.5. The highest BCUT2D eigenvalue weighted by Gasteiger charge is 2.35. The van der Waals surface area contributed by atoms with Crippen LogP contribution in [0.25, 0.3) is 11.4 Å². The quantitative estimate of drug-likeness (QED) is 0.607. The number of aromatic nitrogens is 2. The van der Waals surface area contributed by atoms with Crippen molar-refractivity contribution in [1.29, 1.82) is 0 Å². The maximum Gasteiger partial charge on any atom is 0.322 e. The Morgan fingerprint density at radius 2 is 2.03 bits per heavy atom. The number of hydrogen-bond donors (Lipinski definition) is 2. The number of amides is 3. The van der Waals surface area contributed by atoms with Gasteiger partial charge in [-0.1, -0.05) is 35.5 Å². The van der Waals surface area contributed by atoms with Crippen LogP contribution in [0.4, 0.5) is 10.5 Å². The first-order valence-corrected chi connectivity index (χ1v) is 10.0. The molecule has 0 saturated carbocycles. The lowest BCUT2D eigenvalue weighted by Gasteiger charge is -2.34. The Kier molecular flexibility index (Phi) is 6.20. The molecular formula is C22H23N5O5. The molecule has 1 unspecified atom stereocenters. The van der Waals surface area contributed by atoms with Crippen LogP contribution in [0.15, 0.2) is 53.1 Å². The van der Waals surface area contributed by atoms with E-state index in [0.29, 0.717) is 36.1 Å². The van der Waals surface area contributed by atoms with Crippen molar-refractivity contribution in [2.75, 3.05) is 32.6 Å². The highest BCUT2D eigenvalue weighted by molar-refractivity contribution is 5.95. The first-order valence-electron chi connectivity index (χ1n) is 10.0. The Morgan fingerprint density at radius 3 is 2.78 bits per heavy atom. The number of carbonyl (C=O) groups excluding carboxylic acids is 2. The van der Waals surface area contributed by atoms with Crippen LogP contribution in [-0.4, -0.2) is 60.3 Å². The fourth-order valence-corrected chi connectivity index (χ4v) is 3.47. The second kappa shape index (κ2) is 9.38. The standard InChI is InChI=1S/C22H23N5O5/c1-30-15-8-9-18(31-2)16(12-15)24-22(29)27-11-10-23-21(28)17(27)13-19-25-20(26-32-19)14-6-4-3-5-7-14/h3-9,12,17H,10-11,13H2,1-2H3,(H,23,28)(H,24,29). The minimum atomic E-state index is -0.801. The molecule has 32 heavy (non-hydrogen) atoms. The van der Waals surface area contributed by atoms with Crippen LogP contribution in [0, 0.1) is 0 Å². The van der Waals surface area contributed by atoms with Crippen LogP contribution in [0.3, 0.4) is 0 Å². The molecule has 0 spiro atoms. The van der Waals surface area contributed by atoms with Crippen molar-refractivity contribution in [2.45, 2.75) is 12.5 Å². The fraction of sp³-hybridized carbons (Fsp3) is 0.273. The number of urea groups is 1. The molecule has 3 aromatic rings. The van der Waals surface area contributed by atoms with E-state index in [1.54, 1.807) is 18.2 Å². The summed E-state index contributed by atoms with van der Waals surface area (Å²) in [5.74, 6) is 1.44. The van der Waals surface area contributed by atoms with Crippen LogP contribution >= 0.6 is 0 Å². The average Bonchev–Trinajstić information content (AvgIpc) is 3.29. The second-order valence-corrected chi connectivity index (χ2v) is 7.08. The monoisotopic (exact) mass is 437 g/mol. The molecule has 1 fully saturated rings. The van der Waals surface area contributed by atoms with Crippen LogP contribution in [0.5, 0.6) is 11.5 Å². The van der Waals surface area contributed by atoms with Gasteiger partial charge in [-0.2, -0.15) is 4.98 Å². The van der Waals surface area contributed by atoms with Crippen LogP contribution in [0.2, 0.25) is 0 Å². The summed E-state index contributed by atoms with van der Waals surface area (Å²) in [6.45, 7) is 0.672. The smallest absolute Gasteiger partial charge is 0.322 e. The third-order valence-corrected chi connectivity index (χ3v) is 5.11. The molecule has 1 aliphatic heterocycles. The van der Waals surface area contributed by atoms with E-state index in [4.69, 9.17) is 14.0 Å². The van der Waals surface area contributed by atoms with Gasteiger partial charge in [-0.3, -0.25) is 4.79 Å². The first kappa shape index (κ1) is 21.2. The van der Waals surface area contributed by atoms with Gasteiger partial charge in [-0.15, -0.1) is 0 Å². The average molecular weight is 437 g/mol. The fourth-order valence-electron chi connectivity index (χ4n) is 3.47. The van der Waals surface area contributed by atoms with Gasteiger partial charge in [0.2, 0.25) is 17.6 Å². The number of methoxy groups -OCH3 is 2. The first-order chi connectivity index (χ1) is 15.6. The van der Waals surface area contributed by atoms with Crippen molar-refractivity contribution in [1.82, 2.24) is 20.4 Å². The topological polar surface area (TPSA) is 119 Å². The van der Waals surface area contributed by atoms with Crippen molar-refractivity contribution in [3.8, 4) is 22.9 Å². The van der Waals surface area contributed by atoms with E-state index >= 15 is 0 Å². The van der Waals surface area contributed by atoms with Gasteiger partial charge >= 0.3 is 6.03 Å². The molecule has 2 N–H and O–H groups in total. The summed E-state index contributed by atoms with van der Waals surface area (Å²) in [7, 11) is 3.04. The molecule has 1 aromatic heterocycles. The highest BCUT2D eigenvalue weighted by Crippen LogP contribution is 2.29. The Labute approximate surface area is 184 Å². The number of benzene rings is 2. The SMILES string of the molecule is COc1ccc(OC)c(NC(=O)N2CCNC(=O)C2Cc2nc(-c3ccccc3)no2)c1. The molecule has 1 atom stereocenters. The Balaban J connectivity index is 1.52. The molecule has 0 bridgehead atoms. The van der Waals surface area contributed by atoms with Crippen LogP contribution in [0.1, 0.15) is 5.89 Å². The zero-order valence-electron chi connectivity index (χ0n) is 17.7. The molecule has 10 heteroatoms.